The fraction of sp³-hybridized carbons (Fsp3) is 0.138. The molecule has 4 rings (SSSR count). The molecule has 1 unspecified atom stereocenters. The van der Waals surface area contributed by atoms with Crippen molar-refractivity contribution in [2.24, 2.45) is 0 Å². The monoisotopic (exact) mass is 495 g/mol. The van der Waals surface area contributed by atoms with E-state index in [2.05, 4.69) is 16.0 Å². The first-order valence-electron chi connectivity index (χ1n) is 11.9. The average molecular weight is 496 g/mol. The van der Waals surface area contributed by atoms with Crippen LogP contribution in [-0.2, 0) is 16.1 Å². The Morgan fingerprint density at radius 3 is 2.30 bits per heavy atom. The van der Waals surface area contributed by atoms with Crippen LogP contribution in [0.2, 0.25) is 0 Å². The van der Waals surface area contributed by atoms with Gasteiger partial charge in [-0.3, -0.25) is 19.1 Å². The Bertz CT molecular complexity index is 1460. The van der Waals surface area contributed by atoms with Gasteiger partial charge in [0.15, 0.2) is 0 Å². The topological polar surface area (TPSA) is 97.2 Å². The highest BCUT2D eigenvalue weighted by Crippen LogP contribution is 2.22. The zero-order valence-electron chi connectivity index (χ0n) is 20.7. The number of nitrogens with one attached hydrogen (secondary N) is 3. The number of aromatic nitrogens is 2. The number of rotatable bonds is 9. The summed E-state index contributed by atoms with van der Waals surface area (Å²) in [7, 11) is 1.66. The molecule has 0 radical (unpaired) electrons. The summed E-state index contributed by atoms with van der Waals surface area (Å²) in [6.07, 6.45) is 4.86. The highest BCUT2D eigenvalue weighted by Gasteiger charge is 2.19. The number of carbonyl (C=O) groups excluding carboxylic acids is 2. The Labute approximate surface area is 215 Å². The number of likely N-dealkylation sites (N-methyl/N-ethyl adjacent to an activating group) is 1. The van der Waals surface area contributed by atoms with E-state index in [-0.39, 0.29) is 24.0 Å². The molecule has 0 fully saturated rings. The smallest absolute Gasteiger partial charge is 0.291 e. The molecule has 1 heterocycles. The van der Waals surface area contributed by atoms with E-state index < -0.39 is 11.6 Å². The van der Waals surface area contributed by atoms with Gasteiger partial charge in [0.2, 0.25) is 11.8 Å². The first-order chi connectivity index (χ1) is 18.0. The summed E-state index contributed by atoms with van der Waals surface area (Å²) in [4.78, 5) is 38.6. The third kappa shape index (κ3) is 6.31. The number of hydrogen-bond acceptors (Lipinski definition) is 4. The standard InChI is InChI=1S/C29H29N5O3/c1-21(30-2)28(36)32-26-19-33(25-15-9-14-24(18-25)23-12-7-4-8-13-23)34(29(26)37)20-27(35)31-17-16-22-10-5-3-6-11-22/h3-19,21,30H,20H2,1-2H3,(H,31,35)(H,32,36). The van der Waals surface area contributed by atoms with Gasteiger partial charge >= 0.3 is 0 Å². The van der Waals surface area contributed by atoms with Crippen LogP contribution >= 0.6 is 0 Å². The number of hydrogen-bond donors (Lipinski definition) is 3. The van der Waals surface area contributed by atoms with Gasteiger partial charge < -0.3 is 16.0 Å². The molecule has 0 bridgehead atoms. The minimum absolute atomic E-state index is 0.0878. The predicted octanol–water partition coefficient (Wildman–Crippen LogP) is 3.64. The summed E-state index contributed by atoms with van der Waals surface area (Å²) in [6.45, 7) is 1.45. The molecule has 8 nitrogen and oxygen atoms in total. The van der Waals surface area contributed by atoms with E-state index in [1.54, 1.807) is 37.1 Å². The lowest BCUT2D eigenvalue weighted by Gasteiger charge is -2.12. The molecule has 0 saturated heterocycles. The minimum Gasteiger partial charge on any atom is -0.331 e. The van der Waals surface area contributed by atoms with E-state index in [4.69, 9.17) is 0 Å². The molecule has 0 spiro atoms. The second-order valence-corrected chi connectivity index (χ2v) is 8.48. The summed E-state index contributed by atoms with van der Waals surface area (Å²) in [5.41, 5.74) is 3.19. The number of anilines is 1. The second kappa shape index (κ2) is 11.8. The average Bonchev–Trinajstić information content (AvgIpc) is 3.23. The molecule has 0 aliphatic carbocycles. The molecule has 0 aliphatic rings. The molecular weight excluding hydrogens is 466 g/mol. The number of benzene rings is 3. The van der Waals surface area contributed by atoms with Crippen molar-refractivity contribution in [2.75, 3.05) is 12.4 Å². The van der Waals surface area contributed by atoms with Gasteiger partial charge in [0.25, 0.3) is 5.56 Å². The summed E-state index contributed by atoms with van der Waals surface area (Å²) in [6, 6.07) is 26.6. The summed E-state index contributed by atoms with van der Waals surface area (Å²) >= 11 is 0. The Kier molecular flexibility index (Phi) is 8.12. The largest absolute Gasteiger partial charge is 0.331 e. The molecule has 1 atom stereocenters. The van der Waals surface area contributed by atoms with Crippen LogP contribution in [0.15, 0.2) is 102 Å². The van der Waals surface area contributed by atoms with Gasteiger partial charge in [-0.05, 0) is 48.9 Å². The molecule has 2 amide bonds. The van der Waals surface area contributed by atoms with Crippen LogP contribution in [0, 0.1) is 0 Å². The fourth-order valence-electron chi connectivity index (χ4n) is 3.74. The maximum atomic E-state index is 13.3. The first kappa shape index (κ1) is 25.4. The SMILES string of the molecule is CNC(C)C(=O)Nc1cn(-c2cccc(-c3ccccc3)c2)n(CC(=O)NC=Cc2ccccc2)c1=O. The Hall–Kier alpha value is -4.69. The van der Waals surface area contributed by atoms with Crippen LogP contribution < -0.4 is 21.5 Å². The molecule has 0 saturated carbocycles. The van der Waals surface area contributed by atoms with Crippen LogP contribution in [-0.4, -0.2) is 34.3 Å². The number of carbonyl (C=O) groups is 2. The van der Waals surface area contributed by atoms with Crippen molar-refractivity contribution in [3.63, 3.8) is 0 Å². The van der Waals surface area contributed by atoms with Gasteiger partial charge in [0, 0.05) is 6.20 Å². The Balaban J connectivity index is 1.66. The van der Waals surface area contributed by atoms with E-state index in [9.17, 15) is 14.4 Å². The number of amides is 2. The van der Waals surface area contributed by atoms with Gasteiger partial charge in [-0.25, -0.2) is 4.68 Å². The minimum atomic E-state index is -0.496. The number of nitrogens with zero attached hydrogens (tertiary/aromatic N) is 2. The van der Waals surface area contributed by atoms with Gasteiger partial charge in [-0.2, -0.15) is 0 Å². The molecule has 8 heteroatoms. The highest BCUT2D eigenvalue weighted by atomic mass is 16.2. The summed E-state index contributed by atoms with van der Waals surface area (Å²) in [5, 5.41) is 8.24. The van der Waals surface area contributed by atoms with Crippen molar-refractivity contribution in [3.05, 3.63) is 113 Å². The van der Waals surface area contributed by atoms with E-state index >= 15 is 0 Å². The highest BCUT2D eigenvalue weighted by molar-refractivity contribution is 5.94. The zero-order valence-corrected chi connectivity index (χ0v) is 20.7. The molecule has 1 aromatic heterocycles. The van der Waals surface area contributed by atoms with Crippen molar-refractivity contribution >= 4 is 23.6 Å². The van der Waals surface area contributed by atoms with Gasteiger partial charge in [-0.15, -0.1) is 0 Å². The van der Waals surface area contributed by atoms with Crippen LogP contribution in [0.5, 0.6) is 0 Å². The molecular formula is C29H29N5O3. The van der Waals surface area contributed by atoms with Crippen molar-refractivity contribution < 1.29 is 9.59 Å². The maximum Gasteiger partial charge on any atom is 0.291 e. The second-order valence-electron chi connectivity index (χ2n) is 8.48. The molecule has 4 aromatic rings. The van der Waals surface area contributed by atoms with E-state index in [0.717, 1.165) is 16.7 Å². The van der Waals surface area contributed by atoms with Gasteiger partial charge in [-0.1, -0.05) is 72.8 Å². The van der Waals surface area contributed by atoms with Crippen LogP contribution in [0.3, 0.4) is 0 Å². The van der Waals surface area contributed by atoms with Crippen molar-refractivity contribution in [3.8, 4) is 16.8 Å². The van der Waals surface area contributed by atoms with E-state index in [1.165, 1.54) is 4.68 Å². The zero-order chi connectivity index (χ0) is 26.2. The van der Waals surface area contributed by atoms with Crippen LogP contribution in [0.4, 0.5) is 5.69 Å². The van der Waals surface area contributed by atoms with E-state index in [0.29, 0.717) is 5.69 Å². The molecule has 3 N–H and O–H groups in total. The molecule has 3 aromatic carbocycles. The maximum absolute atomic E-state index is 13.3. The lowest BCUT2D eigenvalue weighted by Crippen LogP contribution is -2.37. The van der Waals surface area contributed by atoms with Gasteiger partial charge in [0.05, 0.1) is 17.9 Å². The third-order valence-electron chi connectivity index (χ3n) is 5.89. The van der Waals surface area contributed by atoms with Gasteiger partial charge in [0.1, 0.15) is 12.2 Å². The van der Waals surface area contributed by atoms with Crippen LogP contribution in [0.25, 0.3) is 22.9 Å². The fourth-order valence-corrected chi connectivity index (χ4v) is 3.74. The summed E-state index contributed by atoms with van der Waals surface area (Å²) < 4.78 is 2.89. The molecule has 188 valence electrons. The van der Waals surface area contributed by atoms with Crippen LogP contribution in [0.1, 0.15) is 12.5 Å². The Morgan fingerprint density at radius 1 is 0.919 bits per heavy atom. The normalized spacial score (nSPS) is 11.8. The molecule has 0 aliphatic heterocycles. The first-order valence-corrected chi connectivity index (χ1v) is 11.9. The third-order valence-corrected chi connectivity index (χ3v) is 5.89. The lowest BCUT2D eigenvalue weighted by atomic mass is 10.1. The Morgan fingerprint density at radius 2 is 1.59 bits per heavy atom. The van der Waals surface area contributed by atoms with Crippen molar-refractivity contribution in [1.82, 2.24) is 20.0 Å². The quantitative estimate of drug-likeness (QED) is 0.330. The lowest BCUT2D eigenvalue weighted by molar-refractivity contribution is -0.121. The van der Waals surface area contributed by atoms with Crippen molar-refractivity contribution in [1.29, 1.82) is 0 Å². The van der Waals surface area contributed by atoms with Crippen molar-refractivity contribution in [2.45, 2.75) is 19.5 Å². The summed E-state index contributed by atoms with van der Waals surface area (Å²) in [5.74, 6) is -0.730. The predicted molar refractivity (Wildman–Crippen MR) is 146 cm³/mol. The molecule has 37 heavy (non-hydrogen) atoms. The van der Waals surface area contributed by atoms with E-state index in [1.807, 2.05) is 84.9 Å².